The Kier molecular flexibility index (Phi) is 6.85. The first-order valence-electron chi connectivity index (χ1n) is 9.65. The number of hydrogen-bond acceptors (Lipinski definition) is 5. The van der Waals surface area contributed by atoms with Crippen molar-refractivity contribution in [1.82, 2.24) is 9.80 Å². The van der Waals surface area contributed by atoms with Gasteiger partial charge in [0.05, 0.1) is 7.11 Å². The number of carbonyl (C=O) groups is 3. The van der Waals surface area contributed by atoms with Crippen molar-refractivity contribution in [2.75, 3.05) is 33.3 Å². The lowest BCUT2D eigenvalue weighted by Gasteiger charge is -2.34. The standard InChI is InChI=1S/C23H24N2O5/c1-17(26)30-21-8-4-6-19(16-21)23(28)25-13-11-24(12-14-25)22(27)10-9-18-5-3-7-20(15-18)29-2/h3-10,15-16H,11-14H2,1-2H3/b10-9+. The van der Waals surface area contributed by atoms with Gasteiger partial charge in [0.15, 0.2) is 0 Å². The summed E-state index contributed by atoms with van der Waals surface area (Å²) < 4.78 is 10.2. The van der Waals surface area contributed by atoms with Gasteiger partial charge in [0.2, 0.25) is 5.91 Å². The molecule has 0 bridgehead atoms. The molecule has 1 heterocycles. The number of nitrogens with zero attached hydrogens (tertiary/aromatic N) is 2. The molecule has 3 rings (SSSR count). The molecule has 1 saturated heterocycles. The molecular formula is C23H24N2O5. The minimum Gasteiger partial charge on any atom is -0.497 e. The number of esters is 1. The molecule has 1 aliphatic rings. The molecule has 2 aromatic carbocycles. The third-order valence-electron chi connectivity index (χ3n) is 4.73. The first-order chi connectivity index (χ1) is 14.5. The highest BCUT2D eigenvalue weighted by Crippen LogP contribution is 2.17. The number of amides is 2. The molecule has 0 radical (unpaired) electrons. The smallest absolute Gasteiger partial charge is 0.308 e. The Morgan fingerprint density at radius 2 is 1.57 bits per heavy atom. The second-order valence-corrected chi connectivity index (χ2v) is 6.85. The summed E-state index contributed by atoms with van der Waals surface area (Å²) in [6, 6.07) is 14.0. The second kappa shape index (κ2) is 9.73. The fraction of sp³-hybridized carbons (Fsp3) is 0.261. The Balaban J connectivity index is 1.56. The Morgan fingerprint density at radius 3 is 2.27 bits per heavy atom. The Morgan fingerprint density at radius 1 is 0.900 bits per heavy atom. The molecule has 0 N–H and O–H groups in total. The first kappa shape index (κ1) is 21.1. The van der Waals surface area contributed by atoms with Crippen LogP contribution in [-0.2, 0) is 9.59 Å². The van der Waals surface area contributed by atoms with Crippen molar-refractivity contribution in [3.05, 3.63) is 65.7 Å². The van der Waals surface area contributed by atoms with E-state index in [0.29, 0.717) is 37.5 Å². The maximum absolute atomic E-state index is 12.7. The van der Waals surface area contributed by atoms with E-state index in [1.807, 2.05) is 24.3 Å². The van der Waals surface area contributed by atoms with Crippen LogP contribution in [0.15, 0.2) is 54.6 Å². The predicted molar refractivity (Wildman–Crippen MR) is 112 cm³/mol. The van der Waals surface area contributed by atoms with Gasteiger partial charge in [0, 0.05) is 44.7 Å². The quantitative estimate of drug-likeness (QED) is 0.432. The topological polar surface area (TPSA) is 76.2 Å². The van der Waals surface area contributed by atoms with E-state index in [4.69, 9.17) is 9.47 Å². The maximum atomic E-state index is 12.7. The zero-order valence-corrected chi connectivity index (χ0v) is 17.0. The number of ether oxygens (including phenoxy) is 2. The zero-order valence-electron chi connectivity index (χ0n) is 17.0. The lowest BCUT2D eigenvalue weighted by Crippen LogP contribution is -2.50. The minimum absolute atomic E-state index is 0.0956. The van der Waals surface area contributed by atoms with Crippen LogP contribution in [0.25, 0.3) is 6.08 Å². The Labute approximate surface area is 175 Å². The van der Waals surface area contributed by atoms with Gasteiger partial charge in [-0.25, -0.2) is 0 Å². The predicted octanol–water partition coefficient (Wildman–Crippen LogP) is 2.62. The molecule has 156 valence electrons. The monoisotopic (exact) mass is 408 g/mol. The summed E-state index contributed by atoms with van der Waals surface area (Å²) in [4.78, 5) is 39.7. The molecule has 1 fully saturated rings. The average molecular weight is 408 g/mol. The average Bonchev–Trinajstić information content (AvgIpc) is 2.77. The Hall–Kier alpha value is -3.61. The van der Waals surface area contributed by atoms with Crippen molar-refractivity contribution in [2.45, 2.75) is 6.92 Å². The number of benzene rings is 2. The zero-order chi connectivity index (χ0) is 21.5. The van der Waals surface area contributed by atoms with E-state index in [1.54, 1.807) is 47.3 Å². The maximum Gasteiger partial charge on any atom is 0.308 e. The second-order valence-electron chi connectivity index (χ2n) is 6.85. The molecule has 30 heavy (non-hydrogen) atoms. The van der Waals surface area contributed by atoms with E-state index in [9.17, 15) is 14.4 Å². The third kappa shape index (κ3) is 5.47. The van der Waals surface area contributed by atoms with Crippen LogP contribution < -0.4 is 9.47 Å². The summed E-state index contributed by atoms with van der Waals surface area (Å²) in [5, 5.41) is 0. The Bertz CT molecular complexity index is 962. The number of hydrogen-bond donors (Lipinski definition) is 0. The van der Waals surface area contributed by atoms with E-state index in [0.717, 1.165) is 11.3 Å². The van der Waals surface area contributed by atoms with E-state index < -0.39 is 5.97 Å². The molecule has 2 amide bonds. The van der Waals surface area contributed by atoms with E-state index in [1.165, 1.54) is 13.0 Å². The molecule has 7 heteroatoms. The van der Waals surface area contributed by atoms with Gasteiger partial charge in [-0.1, -0.05) is 18.2 Å². The fourth-order valence-corrected chi connectivity index (χ4v) is 3.19. The van der Waals surface area contributed by atoms with Gasteiger partial charge in [-0.3, -0.25) is 14.4 Å². The molecule has 0 unspecified atom stereocenters. The number of rotatable bonds is 5. The van der Waals surface area contributed by atoms with Crippen LogP contribution in [0.5, 0.6) is 11.5 Å². The molecule has 0 atom stereocenters. The van der Waals surface area contributed by atoms with Gasteiger partial charge in [0.1, 0.15) is 11.5 Å². The normalized spacial score (nSPS) is 13.9. The van der Waals surface area contributed by atoms with E-state index in [2.05, 4.69) is 0 Å². The summed E-state index contributed by atoms with van der Waals surface area (Å²) in [5.74, 6) is 0.387. The number of methoxy groups -OCH3 is 1. The molecule has 2 aromatic rings. The van der Waals surface area contributed by atoms with E-state index in [-0.39, 0.29) is 11.8 Å². The van der Waals surface area contributed by atoms with Crippen LogP contribution in [0, 0.1) is 0 Å². The lowest BCUT2D eigenvalue weighted by molar-refractivity contribution is -0.132. The van der Waals surface area contributed by atoms with Gasteiger partial charge < -0.3 is 19.3 Å². The molecular weight excluding hydrogens is 384 g/mol. The van der Waals surface area contributed by atoms with Gasteiger partial charge >= 0.3 is 5.97 Å². The first-order valence-corrected chi connectivity index (χ1v) is 9.65. The summed E-state index contributed by atoms with van der Waals surface area (Å²) in [7, 11) is 1.60. The van der Waals surface area contributed by atoms with Crippen LogP contribution in [0.1, 0.15) is 22.8 Å². The van der Waals surface area contributed by atoms with Gasteiger partial charge in [-0.15, -0.1) is 0 Å². The fourth-order valence-electron chi connectivity index (χ4n) is 3.19. The van der Waals surface area contributed by atoms with E-state index >= 15 is 0 Å². The van der Waals surface area contributed by atoms with Crippen LogP contribution in [0.2, 0.25) is 0 Å². The van der Waals surface area contributed by atoms with Crippen molar-refractivity contribution in [3.63, 3.8) is 0 Å². The third-order valence-corrected chi connectivity index (χ3v) is 4.73. The van der Waals surface area contributed by atoms with Crippen molar-refractivity contribution in [2.24, 2.45) is 0 Å². The van der Waals surface area contributed by atoms with Crippen LogP contribution in [0.3, 0.4) is 0 Å². The number of carbonyl (C=O) groups excluding carboxylic acids is 3. The molecule has 0 aliphatic carbocycles. The highest BCUT2D eigenvalue weighted by Gasteiger charge is 2.24. The molecule has 0 spiro atoms. The van der Waals surface area contributed by atoms with Crippen molar-refractivity contribution in [1.29, 1.82) is 0 Å². The summed E-state index contributed by atoms with van der Waals surface area (Å²) in [6.45, 7) is 3.10. The van der Waals surface area contributed by atoms with Crippen molar-refractivity contribution >= 4 is 23.9 Å². The summed E-state index contributed by atoms with van der Waals surface area (Å²) in [5.41, 5.74) is 1.33. The molecule has 1 aliphatic heterocycles. The van der Waals surface area contributed by atoms with Crippen molar-refractivity contribution < 1.29 is 23.9 Å². The summed E-state index contributed by atoms with van der Waals surface area (Å²) in [6.07, 6.45) is 3.29. The van der Waals surface area contributed by atoms with Gasteiger partial charge in [-0.05, 0) is 42.0 Å². The highest BCUT2D eigenvalue weighted by atomic mass is 16.5. The number of piperazine rings is 1. The SMILES string of the molecule is COc1cccc(/C=C/C(=O)N2CCN(C(=O)c3cccc(OC(C)=O)c3)CC2)c1. The summed E-state index contributed by atoms with van der Waals surface area (Å²) >= 11 is 0. The molecule has 7 nitrogen and oxygen atoms in total. The van der Waals surface area contributed by atoms with Crippen LogP contribution >= 0.6 is 0 Å². The lowest BCUT2D eigenvalue weighted by atomic mass is 10.1. The van der Waals surface area contributed by atoms with Crippen molar-refractivity contribution in [3.8, 4) is 11.5 Å². The van der Waals surface area contributed by atoms with Crippen LogP contribution in [-0.4, -0.2) is 60.9 Å². The minimum atomic E-state index is -0.436. The largest absolute Gasteiger partial charge is 0.497 e. The van der Waals surface area contributed by atoms with Gasteiger partial charge in [0.25, 0.3) is 5.91 Å². The molecule has 0 saturated carbocycles. The highest BCUT2D eigenvalue weighted by molar-refractivity contribution is 5.95. The van der Waals surface area contributed by atoms with Crippen LogP contribution in [0.4, 0.5) is 0 Å². The molecule has 0 aromatic heterocycles. The van der Waals surface area contributed by atoms with Gasteiger partial charge in [-0.2, -0.15) is 0 Å².